The van der Waals surface area contributed by atoms with Gasteiger partial charge in [0.2, 0.25) is 0 Å². The Morgan fingerprint density at radius 2 is 2.28 bits per heavy atom. The first-order valence-electron chi connectivity index (χ1n) is 5.52. The summed E-state index contributed by atoms with van der Waals surface area (Å²) in [6.45, 7) is 1.69. The van der Waals surface area contributed by atoms with E-state index in [0.717, 1.165) is 0 Å². The minimum absolute atomic E-state index is 0.0597. The van der Waals surface area contributed by atoms with E-state index in [1.54, 1.807) is 25.2 Å². The first-order valence-corrected chi connectivity index (χ1v) is 5.52. The van der Waals surface area contributed by atoms with Gasteiger partial charge in [0, 0.05) is 33.4 Å². The summed E-state index contributed by atoms with van der Waals surface area (Å²) >= 11 is 0. The summed E-state index contributed by atoms with van der Waals surface area (Å²) in [6.07, 6.45) is 0. The highest BCUT2D eigenvalue weighted by atomic mass is 16.5. The van der Waals surface area contributed by atoms with E-state index in [0.29, 0.717) is 37.8 Å². The largest absolute Gasteiger partial charge is 0.480 e. The third-order valence-electron chi connectivity index (χ3n) is 2.25. The molecule has 0 saturated heterocycles. The Balaban J connectivity index is 2.54. The normalized spacial score (nSPS) is 11.1. The Morgan fingerprint density at radius 1 is 1.50 bits per heavy atom. The van der Waals surface area contributed by atoms with Gasteiger partial charge in [0.25, 0.3) is 0 Å². The van der Waals surface area contributed by atoms with Gasteiger partial charge in [-0.1, -0.05) is 5.16 Å². The van der Waals surface area contributed by atoms with Gasteiger partial charge in [0.15, 0.2) is 5.76 Å². The molecule has 1 aromatic heterocycles. The molecule has 7 nitrogen and oxygen atoms in total. The molecular weight excluding hydrogens is 240 g/mol. The number of aliphatic carboxylic acids is 1. The summed E-state index contributed by atoms with van der Waals surface area (Å²) in [7, 11) is 3.14. The average Bonchev–Trinajstić information content (AvgIpc) is 2.73. The molecule has 0 radical (unpaired) electrons. The first-order chi connectivity index (χ1) is 8.65. The number of ether oxygens (including phenoxy) is 2. The number of carboxylic acid groups (broad SMARTS) is 1. The van der Waals surface area contributed by atoms with Crippen molar-refractivity contribution < 1.29 is 23.9 Å². The zero-order chi connectivity index (χ0) is 13.4. The molecular formula is C11H18N2O5. The lowest BCUT2D eigenvalue weighted by Crippen LogP contribution is -2.32. The summed E-state index contributed by atoms with van der Waals surface area (Å²) in [5.74, 6) is -0.263. The minimum Gasteiger partial charge on any atom is -0.480 e. The number of nitrogens with zero attached hydrogens (tertiary/aromatic N) is 2. The highest BCUT2D eigenvalue weighted by Gasteiger charge is 2.13. The van der Waals surface area contributed by atoms with Crippen LogP contribution < -0.4 is 0 Å². The molecule has 1 aromatic rings. The maximum atomic E-state index is 10.7. The van der Waals surface area contributed by atoms with E-state index in [1.165, 1.54) is 0 Å². The standard InChI is InChI=1S/C11H18N2O5/c1-16-4-3-13(7-11(14)15)6-9-5-10(8-17-2)18-12-9/h5H,3-4,6-8H2,1-2H3,(H,14,15). The van der Waals surface area contributed by atoms with Gasteiger partial charge in [-0.25, -0.2) is 0 Å². The van der Waals surface area contributed by atoms with Crippen molar-refractivity contribution in [3.05, 3.63) is 17.5 Å². The first kappa shape index (κ1) is 14.6. The number of methoxy groups -OCH3 is 2. The molecule has 0 spiro atoms. The van der Waals surface area contributed by atoms with E-state index in [4.69, 9.17) is 19.1 Å². The van der Waals surface area contributed by atoms with Crippen molar-refractivity contribution >= 4 is 5.97 Å². The molecule has 0 unspecified atom stereocenters. The lowest BCUT2D eigenvalue weighted by Gasteiger charge is -2.17. The van der Waals surface area contributed by atoms with E-state index in [9.17, 15) is 4.79 Å². The van der Waals surface area contributed by atoms with Crippen molar-refractivity contribution in [3.63, 3.8) is 0 Å². The predicted molar refractivity (Wildman–Crippen MR) is 62.0 cm³/mol. The van der Waals surface area contributed by atoms with E-state index < -0.39 is 5.97 Å². The van der Waals surface area contributed by atoms with Crippen LogP contribution in [0, 0.1) is 0 Å². The van der Waals surface area contributed by atoms with Gasteiger partial charge in [-0.05, 0) is 0 Å². The second-order valence-corrected chi connectivity index (χ2v) is 3.81. The van der Waals surface area contributed by atoms with Gasteiger partial charge >= 0.3 is 5.97 Å². The van der Waals surface area contributed by atoms with Crippen LogP contribution in [0.2, 0.25) is 0 Å². The molecule has 0 atom stereocenters. The second-order valence-electron chi connectivity index (χ2n) is 3.81. The summed E-state index contributed by atoms with van der Waals surface area (Å²) in [4.78, 5) is 12.4. The van der Waals surface area contributed by atoms with Crippen molar-refractivity contribution in [2.75, 3.05) is 33.9 Å². The van der Waals surface area contributed by atoms with E-state index >= 15 is 0 Å². The lowest BCUT2D eigenvalue weighted by molar-refractivity contribution is -0.138. The molecule has 0 bridgehead atoms. The third kappa shape index (κ3) is 5.26. The summed E-state index contributed by atoms with van der Waals surface area (Å²) in [5.41, 5.74) is 0.680. The Hall–Kier alpha value is -1.44. The zero-order valence-corrected chi connectivity index (χ0v) is 10.6. The molecule has 18 heavy (non-hydrogen) atoms. The van der Waals surface area contributed by atoms with Gasteiger partial charge in [0.1, 0.15) is 6.61 Å². The highest BCUT2D eigenvalue weighted by Crippen LogP contribution is 2.07. The molecule has 0 fully saturated rings. The minimum atomic E-state index is -0.883. The lowest BCUT2D eigenvalue weighted by atomic mass is 10.3. The fraction of sp³-hybridized carbons (Fsp3) is 0.636. The van der Waals surface area contributed by atoms with Gasteiger partial charge in [-0.3, -0.25) is 9.69 Å². The molecule has 0 aromatic carbocycles. The zero-order valence-electron chi connectivity index (χ0n) is 10.6. The Morgan fingerprint density at radius 3 is 2.89 bits per heavy atom. The quantitative estimate of drug-likeness (QED) is 0.684. The van der Waals surface area contributed by atoms with Crippen LogP contribution in [0.15, 0.2) is 10.6 Å². The van der Waals surface area contributed by atoms with Gasteiger partial charge < -0.3 is 19.1 Å². The molecule has 102 valence electrons. The molecule has 0 aliphatic carbocycles. The maximum Gasteiger partial charge on any atom is 0.317 e. The Kier molecular flexibility index (Phi) is 6.34. The third-order valence-corrected chi connectivity index (χ3v) is 2.25. The van der Waals surface area contributed by atoms with Crippen LogP contribution in [-0.4, -0.2) is 55.0 Å². The van der Waals surface area contributed by atoms with Crippen molar-refractivity contribution in [2.45, 2.75) is 13.2 Å². The van der Waals surface area contributed by atoms with Crippen LogP contribution in [0.25, 0.3) is 0 Å². The molecule has 7 heteroatoms. The molecule has 1 rings (SSSR count). The van der Waals surface area contributed by atoms with Crippen LogP contribution in [0.5, 0.6) is 0 Å². The topological polar surface area (TPSA) is 85.0 Å². The smallest absolute Gasteiger partial charge is 0.317 e. The van der Waals surface area contributed by atoms with Crippen molar-refractivity contribution in [1.29, 1.82) is 0 Å². The summed E-state index contributed by atoms with van der Waals surface area (Å²) in [6, 6.07) is 1.76. The van der Waals surface area contributed by atoms with Crippen molar-refractivity contribution in [1.82, 2.24) is 10.1 Å². The maximum absolute atomic E-state index is 10.7. The number of carboxylic acids is 1. The number of hydrogen-bond donors (Lipinski definition) is 1. The number of hydrogen-bond acceptors (Lipinski definition) is 6. The van der Waals surface area contributed by atoms with Crippen molar-refractivity contribution in [3.8, 4) is 0 Å². The number of carbonyl (C=O) groups is 1. The van der Waals surface area contributed by atoms with Crippen LogP contribution in [0.3, 0.4) is 0 Å². The van der Waals surface area contributed by atoms with E-state index in [2.05, 4.69) is 5.16 Å². The summed E-state index contributed by atoms with van der Waals surface area (Å²) in [5, 5.41) is 12.7. The van der Waals surface area contributed by atoms with Gasteiger partial charge in [0.05, 0.1) is 18.8 Å². The van der Waals surface area contributed by atoms with Crippen LogP contribution >= 0.6 is 0 Å². The van der Waals surface area contributed by atoms with Crippen LogP contribution in [-0.2, 0) is 27.4 Å². The Bertz CT molecular complexity index is 366. The molecule has 0 aliphatic rings. The number of aromatic nitrogens is 1. The molecule has 0 aliphatic heterocycles. The van der Waals surface area contributed by atoms with Crippen LogP contribution in [0.1, 0.15) is 11.5 Å². The molecule has 0 saturated carbocycles. The van der Waals surface area contributed by atoms with Gasteiger partial charge in [-0.15, -0.1) is 0 Å². The van der Waals surface area contributed by atoms with E-state index in [1.807, 2.05) is 0 Å². The molecule has 1 heterocycles. The fourth-order valence-corrected chi connectivity index (χ4v) is 1.50. The SMILES string of the molecule is COCCN(CC(=O)O)Cc1cc(COC)on1. The van der Waals surface area contributed by atoms with Gasteiger partial charge in [-0.2, -0.15) is 0 Å². The average molecular weight is 258 g/mol. The predicted octanol–water partition coefficient (Wildman–Crippen LogP) is 0.354. The highest BCUT2D eigenvalue weighted by molar-refractivity contribution is 5.69. The summed E-state index contributed by atoms with van der Waals surface area (Å²) < 4.78 is 14.9. The Labute approximate surface area is 105 Å². The van der Waals surface area contributed by atoms with Crippen LogP contribution in [0.4, 0.5) is 0 Å². The number of rotatable bonds is 9. The van der Waals surface area contributed by atoms with E-state index in [-0.39, 0.29) is 6.54 Å². The monoisotopic (exact) mass is 258 g/mol. The van der Waals surface area contributed by atoms with Crippen molar-refractivity contribution in [2.24, 2.45) is 0 Å². The fourth-order valence-electron chi connectivity index (χ4n) is 1.50. The molecule has 1 N–H and O–H groups in total. The molecule has 0 amide bonds. The second kappa shape index (κ2) is 7.80.